The van der Waals surface area contributed by atoms with Gasteiger partial charge in [0.1, 0.15) is 0 Å². The van der Waals surface area contributed by atoms with Gasteiger partial charge in [-0.2, -0.15) is 0 Å². The van der Waals surface area contributed by atoms with E-state index in [4.69, 9.17) is 16.3 Å². The van der Waals surface area contributed by atoms with Gasteiger partial charge in [0, 0.05) is 18.0 Å². The Kier molecular flexibility index (Phi) is 8.25. The fourth-order valence-corrected chi connectivity index (χ4v) is 3.20. The van der Waals surface area contributed by atoms with Gasteiger partial charge in [0.2, 0.25) is 0 Å². The smallest absolute Gasteiger partial charge is 0.0620 e. The highest BCUT2D eigenvalue weighted by Gasteiger charge is 2.20. The Morgan fingerprint density at radius 1 is 1.29 bits per heavy atom. The van der Waals surface area contributed by atoms with Gasteiger partial charge < -0.3 is 10.1 Å². The minimum atomic E-state index is 0.303. The molecule has 102 valence electrons. The summed E-state index contributed by atoms with van der Waals surface area (Å²) in [4.78, 5) is 0. The van der Waals surface area contributed by atoms with Gasteiger partial charge in [-0.25, -0.2) is 0 Å². The summed E-state index contributed by atoms with van der Waals surface area (Å²) in [5, 5.41) is 3.78. The van der Waals surface area contributed by atoms with Crippen LogP contribution in [0.3, 0.4) is 0 Å². The van der Waals surface area contributed by atoms with Crippen LogP contribution in [0.15, 0.2) is 0 Å². The standard InChI is InChI=1S/C14H28ClNO/c1-3-5-12(6-4-2)9-13(15)10-14-11-17-8-7-16-14/h12-14,16H,3-11H2,1-2H3. The molecule has 0 aromatic heterocycles. The highest BCUT2D eigenvalue weighted by Crippen LogP contribution is 2.24. The normalized spacial score (nSPS) is 22.9. The van der Waals surface area contributed by atoms with Crippen molar-refractivity contribution in [1.82, 2.24) is 5.32 Å². The van der Waals surface area contributed by atoms with Crippen molar-refractivity contribution >= 4 is 11.6 Å². The molecule has 17 heavy (non-hydrogen) atoms. The Labute approximate surface area is 111 Å². The number of nitrogens with one attached hydrogen (secondary N) is 1. The van der Waals surface area contributed by atoms with Crippen molar-refractivity contribution in [2.24, 2.45) is 5.92 Å². The molecule has 1 saturated heterocycles. The third-order valence-electron chi connectivity index (χ3n) is 3.52. The monoisotopic (exact) mass is 261 g/mol. The third-order valence-corrected chi connectivity index (χ3v) is 3.88. The second kappa shape index (κ2) is 9.18. The summed E-state index contributed by atoms with van der Waals surface area (Å²) in [5.41, 5.74) is 0. The van der Waals surface area contributed by atoms with E-state index in [0.29, 0.717) is 11.4 Å². The second-order valence-electron chi connectivity index (χ2n) is 5.24. The number of hydrogen-bond donors (Lipinski definition) is 1. The van der Waals surface area contributed by atoms with Crippen molar-refractivity contribution < 1.29 is 4.74 Å². The molecule has 0 aromatic carbocycles. The zero-order chi connectivity index (χ0) is 12.5. The average Bonchev–Trinajstić information content (AvgIpc) is 2.30. The Bertz CT molecular complexity index is 177. The maximum atomic E-state index is 6.48. The molecule has 1 heterocycles. The summed E-state index contributed by atoms with van der Waals surface area (Å²) in [7, 11) is 0. The first-order chi connectivity index (χ1) is 8.26. The van der Waals surface area contributed by atoms with Crippen LogP contribution >= 0.6 is 11.6 Å². The molecule has 1 fully saturated rings. The number of alkyl halides is 1. The summed E-state index contributed by atoms with van der Waals surface area (Å²) in [6.45, 7) is 7.18. The molecular weight excluding hydrogens is 234 g/mol. The molecule has 2 atom stereocenters. The summed E-state index contributed by atoms with van der Waals surface area (Å²) in [5.74, 6) is 0.817. The van der Waals surface area contributed by atoms with E-state index >= 15 is 0 Å². The van der Waals surface area contributed by atoms with Crippen molar-refractivity contribution in [3.8, 4) is 0 Å². The van der Waals surface area contributed by atoms with Crippen molar-refractivity contribution in [2.45, 2.75) is 63.8 Å². The molecule has 0 bridgehead atoms. The summed E-state index contributed by atoms with van der Waals surface area (Å²) in [6, 6.07) is 0.468. The van der Waals surface area contributed by atoms with Crippen LogP contribution in [0, 0.1) is 5.92 Å². The highest BCUT2D eigenvalue weighted by molar-refractivity contribution is 6.20. The predicted octanol–water partition coefficient (Wildman–Crippen LogP) is 3.58. The molecule has 0 radical (unpaired) electrons. The largest absolute Gasteiger partial charge is 0.379 e. The van der Waals surface area contributed by atoms with Crippen molar-refractivity contribution in [3.63, 3.8) is 0 Å². The van der Waals surface area contributed by atoms with Gasteiger partial charge >= 0.3 is 0 Å². The van der Waals surface area contributed by atoms with Crippen LogP contribution in [-0.4, -0.2) is 31.2 Å². The van der Waals surface area contributed by atoms with E-state index in [1.54, 1.807) is 0 Å². The molecule has 2 nitrogen and oxygen atoms in total. The summed E-state index contributed by atoms with van der Waals surface area (Å²) < 4.78 is 5.46. The lowest BCUT2D eigenvalue weighted by atomic mass is 9.91. The quantitative estimate of drug-likeness (QED) is 0.675. The van der Waals surface area contributed by atoms with Gasteiger partial charge in [0.05, 0.1) is 13.2 Å². The lowest BCUT2D eigenvalue weighted by Crippen LogP contribution is -2.42. The molecule has 3 heteroatoms. The molecular formula is C14H28ClNO. The Hall–Kier alpha value is 0.210. The number of morpholine rings is 1. The van der Waals surface area contributed by atoms with E-state index in [2.05, 4.69) is 19.2 Å². The van der Waals surface area contributed by atoms with Crippen LogP contribution in [0.5, 0.6) is 0 Å². The van der Waals surface area contributed by atoms with E-state index in [1.807, 2.05) is 0 Å². The highest BCUT2D eigenvalue weighted by atomic mass is 35.5. The van der Waals surface area contributed by atoms with Crippen LogP contribution in [0.2, 0.25) is 0 Å². The molecule has 1 rings (SSSR count). The minimum absolute atomic E-state index is 0.303. The maximum Gasteiger partial charge on any atom is 0.0620 e. The molecule has 0 aromatic rings. The first-order valence-electron chi connectivity index (χ1n) is 7.21. The van der Waals surface area contributed by atoms with Gasteiger partial charge in [-0.1, -0.05) is 39.5 Å². The first-order valence-corrected chi connectivity index (χ1v) is 7.65. The molecule has 1 aliphatic heterocycles. The zero-order valence-corrected chi connectivity index (χ0v) is 12.1. The Balaban J connectivity index is 2.22. The lowest BCUT2D eigenvalue weighted by molar-refractivity contribution is 0.0732. The summed E-state index contributed by atoms with van der Waals surface area (Å²) in [6.07, 6.45) is 7.42. The minimum Gasteiger partial charge on any atom is -0.379 e. The van der Waals surface area contributed by atoms with Crippen LogP contribution in [-0.2, 0) is 4.74 Å². The molecule has 1 N–H and O–H groups in total. The molecule has 0 amide bonds. The van der Waals surface area contributed by atoms with Gasteiger partial charge in [-0.05, 0) is 18.8 Å². The van der Waals surface area contributed by atoms with Crippen LogP contribution in [0.4, 0.5) is 0 Å². The predicted molar refractivity (Wildman–Crippen MR) is 74.8 cm³/mol. The fourth-order valence-electron chi connectivity index (χ4n) is 2.73. The van der Waals surface area contributed by atoms with Crippen molar-refractivity contribution in [2.75, 3.05) is 19.8 Å². The Morgan fingerprint density at radius 2 is 2.00 bits per heavy atom. The second-order valence-corrected chi connectivity index (χ2v) is 5.86. The fraction of sp³-hybridized carbons (Fsp3) is 1.00. The first kappa shape index (κ1) is 15.3. The topological polar surface area (TPSA) is 21.3 Å². The van der Waals surface area contributed by atoms with E-state index in [-0.39, 0.29) is 0 Å². The molecule has 0 aliphatic carbocycles. The van der Waals surface area contributed by atoms with Gasteiger partial charge in [-0.15, -0.1) is 11.6 Å². The summed E-state index contributed by atoms with van der Waals surface area (Å²) >= 11 is 6.48. The van der Waals surface area contributed by atoms with E-state index in [9.17, 15) is 0 Å². The van der Waals surface area contributed by atoms with Crippen LogP contribution in [0.25, 0.3) is 0 Å². The molecule has 2 unspecified atom stereocenters. The number of ether oxygens (including phenoxy) is 1. The number of hydrogen-bond acceptors (Lipinski definition) is 2. The Morgan fingerprint density at radius 3 is 2.53 bits per heavy atom. The maximum absolute atomic E-state index is 6.48. The van der Waals surface area contributed by atoms with E-state index < -0.39 is 0 Å². The van der Waals surface area contributed by atoms with Gasteiger partial charge in [0.15, 0.2) is 0 Å². The van der Waals surface area contributed by atoms with E-state index in [1.165, 1.54) is 32.1 Å². The zero-order valence-electron chi connectivity index (χ0n) is 11.4. The van der Waals surface area contributed by atoms with Gasteiger partial charge in [0.25, 0.3) is 0 Å². The van der Waals surface area contributed by atoms with Crippen LogP contribution in [0.1, 0.15) is 52.4 Å². The third kappa shape index (κ3) is 6.64. The molecule has 0 spiro atoms. The van der Waals surface area contributed by atoms with Crippen LogP contribution < -0.4 is 5.32 Å². The molecule has 1 aliphatic rings. The average molecular weight is 262 g/mol. The lowest BCUT2D eigenvalue weighted by Gasteiger charge is -2.27. The van der Waals surface area contributed by atoms with Gasteiger partial charge in [-0.3, -0.25) is 0 Å². The van der Waals surface area contributed by atoms with Crippen molar-refractivity contribution in [3.05, 3.63) is 0 Å². The van der Waals surface area contributed by atoms with E-state index in [0.717, 1.165) is 32.1 Å². The SMILES string of the molecule is CCCC(CCC)CC(Cl)CC1COCCN1. The van der Waals surface area contributed by atoms with Crippen molar-refractivity contribution in [1.29, 1.82) is 0 Å². The number of halogens is 1. The number of rotatable bonds is 8. The molecule has 0 saturated carbocycles.